The van der Waals surface area contributed by atoms with Gasteiger partial charge < -0.3 is 24.0 Å². The summed E-state index contributed by atoms with van der Waals surface area (Å²) in [5, 5.41) is 6.06. The number of amides is 1. The number of hydrogen-bond acceptors (Lipinski definition) is 8. The van der Waals surface area contributed by atoms with Crippen molar-refractivity contribution in [2.75, 3.05) is 44.2 Å². The predicted octanol–water partition coefficient (Wildman–Crippen LogP) is 8.34. The van der Waals surface area contributed by atoms with Gasteiger partial charge in [0.25, 0.3) is 0 Å². The molecule has 0 bridgehead atoms. The minimum absolute atomic E-state index is 0.0451. The molecule has 284 valence electrons. The highest BCUT2D eigenvalue weighted by molar-refractivity contribution is 5.96. The third kappa shape index (κ3) is 8.49. The second-order valence-electron chi connectivity index (χ2n) is 16.1. The maximum absolute atomic E-state index is 12.7. The lowest BCUT2D eigenvalue weighted by molar-refractivity contribution is -0.00185. The summed E-state index contributed by atoms with van der Waals surface area (Å²) in [5.74, 6) is 1.51. The lowest BCUT2D eigenvalue weighted by Crippen LogP contribution is -2.59. The molecule has 0 spiro atoms. The Labute approximate surface area is 319 Å². The first-order valence-electron chi connectivity index (χ1n) is 19.2. The van der Waals surface area contributed by atoms with E-state index < -0.39 is 5.60 Å². The van der Waals surface area contributed by atoms with Crippen molar-refractivity contribution in [1.29, 1.82) is 0 Å². The average molecular weight is 731 g/mol. The van der Waals surface area contributed by atoms with Crippen molar-refractivity contribution in [2.24, 2.45) is 13.0 Å². The van der Waals surface area contributed by atoms with Gasteiger partial charge in [-0.2, -0.15) is 10.1 Å². The molecule has 0 aliphatic carbocycles. The fourth-order valence-electron chi connectivity index (χ4n) is 7.79. The lowest BCUT2D eigenvalue weighted by Gasteiger charge is -2.50. The van der Waals surface area contributed by atoms with E-state index in [0.717, 1.165) is 85.4 Å². The van der Waals surface area contributed by atoms with Crippen LogP contribution in [0, 0.1) is 5.92 Å². The van der Waals surface area contributed by atoms with Crippen molar-refractivity contribution in [2.45, 2.75) is 71.8 Å². The van der Waals surface area contributed by atoms with E-state index in [2.05, 4.69) is 41.8 Å². The molecular formula is C44H54N6O4. The predicted molar refractivity (Wildman–Crippen MR) is 214 cm³/mol. The fourth-order valence-corrected chi connectivity index (χ4v) is 7.79. The van der Waals surface area contributed by atoms with Crippen LogP contribution in [0.1, 0.15) is 58.6 Å². The number of rotatable bonds is 10. The highest BCUT2D eigenvalue weighted by Gasteiger charge is 2.40. The van der Waals surface area contributed by atoms with Crippen molar-refractivity contribution < 1.29 is 19.0 Å². The largest absolute Gasteiger partial charge is 0.473 e. The number of ether oxygens (including phenoxy) is 3. The van der Waals surface area contributed by atoms with E-state index in [4.69, 9.17) is 24.3 Å². The van der Waals surface area contributed by atoms with Crippen molar-refractivity contribution >= 4 is 22.7 Å². The molecule has 0 unspecified atom stereocenters. The summed E-state index contributed by atoms with van der Waals surface area (Å²) in [6.07, 6.45) is 1.79. The highest BCUT2D eigenvalue weighted by atomic mass is 16.6. The topological polar surface area (TPSA) is 85.2 Å². The third-order valence-corrected chi connectivity index (χ3v) is 11.0. The van der Waals surface area contributed by atoms with Crippen LogP contribution < -0.4 is 14.4 Å². The zero-order valence-electron chi connectivity index (χ0n) is 32.6. The Balaban J connectivity index is 1.04. The molecule has 2 aliphatic rings. The number of fused-ring (bicyclic) bond motifs is 1. The van der Waals surface area contributed by atoms with Gasteiger partial charge in [0.2, 0.25) is 11.8 Å². The summed E-state index contributed by atoms with van der Waals surface area (Å²) in [5.41, 5.74) is 5.61. The van der Waals surface area contributed by atoms with E-state index in [9.17, 15) is 4.79 Å². The Bertz CT molecular complexity index is 2030. The van der Waals surface area contributed by atoms with Gasteiger partial charge in [0.15, 0.2) is 0 Å². The first kappa shape index (κ1) is 37.2. The summed E-state index contributed by atoms with van der Waals surface area (Å²) in [7, 11) is 2.00. The Morgan fingerprint density at radius 3 is 2.02 bits per heavy atom. The van der Waals surface area contributed by atoms with Crippen LogP contribution in [0.5, 0.6) is 11.8 Å². The molecule has 5 aromatic rings. The monoisotopic (exact) mass is 730 g/mol. The Hall–Kier alpha value is -5.09. The van der Waals surface area contributed by atoms with Gasteiger partial charge in [-0.1, -0.05) is 60.7 Å². The molecule has 0 saturated carbocycles. The number of aryl methyl sites for hydroxylation is 1. The van der Waals surface area contributed by atoms with Gasteiger partial charge in [0, 0.05) is 69.0 Å². The second kappa shape index (κ2) is 15.7. The maximum Gasteiger partial charge on any atom is 0.410 e. The molecule has 0 atom stereocenters. The molecular weight excluding hydrogens is 677 g/mol. The molecule has 7 rings (SSSR count). The molecule has 2 saturated heterocycles. The maximum atomic E-state index is 12.7. The number of likely N-dealkylation sites (tertiary alicyclic amines) is 1. The van der Waals surface area contributed by atoms with Crippen LogP contribution in [-0.2, 0) is 25.0 Å². The molecule has 2 fully saturated rings. The van der Waals surface area contributed by atoms with Crippen LogP contribution in [0.3, 0.4) is 0 Å². The molecule has 54 heavy (non-hydrogen) atoms. The number of piperazine rings is 1. The van der Waals surface area contributed by atoms with Crippen molar-refractivity contribution in [3.05, 3.63) is 102 Å². The fraction of sp³-hybridized carbons (Fsp3) is 0.432. The van der Waals surface area contributed by atoms with E-state index >= 15 is 0 Å². The van der Waals surface area contributed by atoms with Gasteiger partial charge in [0.1, 0.15) is 24.5 Å². The Morgan fingerprint density at radius 1 is 0.759 bits per heavy atom. The summed E-state index contributed by atoms with van der Waals surface area (Å²) >= 11 is 0. The SMILES string of the molecule is Cn1nc(-c2ccc(OCc3ccccc3)nc2OCc2ccccc2)c2ccc(N3CCN(C(C)(C)C4CCN(C(=O)OC(C)(C)C)CC4)CC3)cc21. The molecule has 2 aliphatic heterocycles. The van der Waals surface area contributed by atoms with Crippen LogP contribution >= 0.6 is 0 Å². The van der Waals surface area contributed by atoms with E-state index in [1.165, 1.54) is 5.69 Å². The number of piperidine rings is 1. The molecule has 4 heterocycles. The normalized spacial score (nSPS) is 16.1. The number of aromatic nitrogens is 3. The zero-order chi connectivity index (χ0) is 37.9. The Kier molecular flexibility index (Phi) is 10.8. The van der Waals surface area contributed by atoms with Gasteiger partial charge >= 0.3 is 6.09 Å². The molecule has 0 N–H and O–H groups in total. The third-order valence-electron chi connectivity index (χ3n) is 11.0. The van der Waals surface area contributed by atoms with E-state index in [1.807, 2.05) is 110 Å². The molecule has 10 heteroatoms. The molecule has 2 aromatic heterocycles. The number of carbonyl (C=O) groups is 1. The van der Waals surface area contributed by atoms with Gasteiger partial charge in [-0.25, -0.2) is 4.79 Å². The summed E-state index contributed by atoms with van der Waals surface area (Å²) in [6, 6.07) is 30.8. The Morgan fingerprint density at radius 2 is 1.39 bits per heavy atom. The van der Waals surface area contributed by atoms with E-state index in [0.29, 0.717) is 30.9 Å². The number of pyridine rings is 1. The molecule has 0 radical (unpaired) electrons. The lowest BCUT2D eigenvalue weighted by atomic mass is 9.78. The number of hydrogen-bond donors (Lipinski definition) is 0. The minimum atomic E-state index is -0.472. The smallest absolute Gasteiger partial charge is 0.410 e. The number of benzene rings is 3. The van der Waals surface area contributed by atoms with E-state index in [-0.39, 0.29) is 11.6 Å². The van der Waals surface area contributed by atoms with Crippen molar-refractivity contribution in [3.8, 4) is 23.0 Å². The summed E-state index contributed by atoms with van der Waals surface area (Å²) < 4.78 is 20.1. The number of anilines is 1. The zero-order valence-corrected chi connectivity index (χ0v) is 32.6. The quantitative estimate of drug-likeness (QED) is 0.142. The molecule has 10 nitrogen and oxygen atoms in total. The van der Waals surface area contributed by atoms with Crippen molar-refractivity contribution in [3.63, 3.8) is 0 Å². The summed E-state index contributed by atoms with van der Waals surface area (Å²) in [6.45, 7) is 16.7. The molecule has 3 aromatic carbocycles. The van der Waals surface area contributed by atoms with Gasteiger partial charge in [-0.05, 0) is 88.8 Å². The minimum Gasteiger partial charge on any atom is -0.473 e. The average Bonchev–Trinajstić information content (AvgIpc) is 3.51. The van der Waals surface area contributed by atoms with Crippen LogP contribution in [0.25, 0.3) is 22.2 Å². The standard InChI is InChI=1S/C44H54N6O4/c1-43(2,3)54-42(51)49-23-21-34(22-24-49)44(4,5)50-27-25-48(26-28-50)35-17-18-36-38(29-35)47(6)46-40(36)37-19-20-39(52-30-32-13-9-7-10-14-32)45-41(37)53-31-33-15-11-8-12-16-33/h7-20,29,34H,21-28,30-31H2,1-6H3. The highest BCUT2D eigenvalue weighted by Crippen LogP contribution is 2.38. The van der Waals surface area contributed by atoms with E-state index in [1.54, 1.807) is 0 Å². The van der Waals surface area contributed by atoms with Crippen LogP contribution in [0.15, 0.2) is 91.0 Å². The van der Waals surface area contributed by atoms with Gasteiger partial charge in [0.05, 0.1) is 11.1 Å². The van der Waals surface area contributed by atoms with Crippen LogP contribution in [-0.4, -0.2) is 81.1 Å². The van der Waals surface area contributed by atoms with Gasteiger partial charge in [-0.3, -0.25) is 9.58 Å². The number of nitrogens with zero attached hydrogens (tertiary/aromatic N) is 6. The van der Waals surface area contributed by atoms with Gasteiger partial charge in [-0.15, -0.1) is 0 Å². The second-order valence-corrected chi connectivity index (χ2v) is 16.1. The van der Waals surface area contributed by atoms with Crippen LogP contribution in [0.4, 0.5) is 10.5 Å². The first-order valence-corrected chi connectivity index (χ1v) is 19.2. The molecule has 1 amide bonds. The van der Waals surface area contributed by atoms with Crippen molar-refractivity contribution in [1.82, 2.24) is 24.6 Å². The summed E-state index contributed by atoms with van der Waals surface area (Å²) in [4.78, 5) is 24.5. The first-order chi connectivity index (χ1) is 25.9. The number of carbonyl (C=O) groups excluding carboxylic acids is 1. The van der Waals surface area contributed by atoms with Crippen LogP contribution in [0.2, 0.25) is 0 Å².